The largest absolute Gasteiger partial charge is 0.508 e. The monoisotopic (exact) mass is 261 g/mol. The number of hydrogen-bond acceptors (Lipinski definition) is 4. The molecule has 0 aliphatic heterocycles. The van der Waals surface area contributed by atoms with Crippen LogP contribution in [0.1, 0.15) is 23.2 Å². The molecule has 0 saturated heterocycles. The van der Waals surface area contributed by atoms with Crippen LogP contribution in [0.3, 0.4) is 0 Å². The second-order valence-electron chi connectivity index (χ2n) is 3.84. The maximum atomic E-state index is 11.6. The van der Waals surface area contributed by atoms with E-state index < -0.39 is 0 Å². The fraction of sp³-hybridized carbons (Fsp3) is 0.308. The molecule has 0 aliphatic carbocycles. The first-order valence-electron chi connectivity index (χ1n) is 5.84. The number of carbonyl (C=O) groups is 2. The first kappa shape index (κ1) is 14.5. The summed E-state index contributed by atoms with van der Waals surface area (Å²) in [6.45, 7) is 0.808. The second-order valence-corrected chi connectivity index (χ2v) is 3.84. The van der Waals surface area contributed by atoms with E-state index in [0.717, 1.165) is 0 Å². The summed E-state index contributed by atoms with van der Waals surface area (Å²) < 4.78 is 0. The molecule has 0 bridgehead atoms. The fourth-order valence-electron chi connectivity index (χ4n) is 1.40. The summed E-state index contributed by atoms with van der Waals surface area (Å²) >= 11 is 0. The van der Waals surface area contributed by atoms with Gasteiger partial charge in [0, 0.05) is 18.7 Å². The lowest BCUT2D eigenvalue weighted by molar-refractivity contribution is -0.120. The van der Waals surface area contributed by atoms with Crippen molar-refractivity contribution < 1.29 is 14.7 Å². The van der Waals surface area contributed by atoms with Gasteiger partial charge in [-0.05, 0) is 24.6 Å². The Morgan fingerprint density at radius 1 is 1.26 bits per heavy atom. The molecule has 100 valence electrons. The molecule has 1 rings (SSSR count). The van der Waals surface area contributed by atoms with E-state index in [1.54, 1.807) is 18.2 Å². The van der Waals surface area contributed by atoms with Gasteiger partial charge in [-0.25, -0.2) is 0 Å². The highest BCUT2D eigenvalue weighted by Crippen LogP contribution is 2.10. The third-order valence-corrected chi connectivity index (χ3v) is 2.31. The van der Waals surface area contributed by atoms with E-state index in [1.807, 2.05) is 0 Å². The fourth-order valence-corrected chi connectivity index (χ4v) is 1.40. The van der Waals surface area contributed by atoms with Crippen molar-refractivity contribution in [2.24, 2.45) is 0 Å². The van der Waals surface area contributed by atoms with Crippen LogP contribution in [0.25, 0.3) is 0 Å². The van der Waals surface area contributed by atoms with Crippen LogP contribution in [-0.2, 0) is 4.79 Å². The molecule has 1 aromatic carbocycles. The van der Waals surface area contributed by atoms with Gasteiger partial charge in [-0.3, -0.25) is 9.59 Å². The number of carbonyl (C=O) groups excluding carboxylic acids is 2. The Balaban J connectivity index is 2.21. The molecule has 0 unspecified atom stereocenters. The van der Waals surface area contributed by atoms with Crippen LogP contribution in [0, 0.1) is 11.3 Å². The standard InChI is InChI=1S/C13H15N3O3/c14-6-5-12(18)15-7-2-8-16-13(19)10-3-1-4-11(17)9-10/h1,3-4,9,17H,2,5,7-8H2,(H,15,18)(H,16,19). The van der Waals surface area contributed by atoms with Crippen molar-refractivity contribution in [3.05, 3.63) is 29.8 Å². The Hall–Kier alpha value is -2.55. The lowest BCUT2D eigenvalue weighted by atomic mass is 10.2. The summed E-state index contributed by atoms with van der Waals surface area (Å²) in [6, 6.07) is 7.81. The van der Waals surface area contributed by atoms with Crippen LogP contribution >= 0.6 is 0 Å². The zero-order chi connectivity index (χ0) is 14.1. The van der Waals surface area contributed by atoms with E-state index in [4.69, 9.17) is 5.26 Å². The Morgan fingerprint density at radius 2 is 2.00 bits per heavy atom. The quantitative estimate of drug-likeness (QED) is 0.650. The Morgan fingerprint density at radius 3 is 2.68 bits per heavy atom. The van der Waals surface area contributed by atoms with E-state index in [0.29, 0.717) is 25.1 Å². The van der Waals surface area contributed by atoms with Gasteiger partial charge < -0.3 is 15.7 Å². The average molecular weight is 261 g/mol. The number of amides is 2. The summed E-state index contributed by atoms with van der Waals surface area (Å²) in [5.74, 6) is -0.558. The molecular weight excluding hydrogens is 246 g/mol. The summed E-state index contributed by atoms with van der Waals surface area (Å²) in [7, 11) is 0. The molecule has 6 heteroatoms. The Labute approximate surface area is 111 Å². The summed E-state index contributed by atoms with van der Waals surface area (Å²) in [6.07, 6.45) is 0.414. The van der Waals surface area contributed by atoms with Crippen LogP contribution in [0.15, 0.2) is 24.3 Å². The van der Waals surface area contributed by atoms with Crippen LogP contribution in [-0.4, -0.2) is 30.0 Å². The molecule has 0 atom stereocenters. The van der Waals surface area contributed by atoms with Crippen LogP contribution < -0.4 is 10.6 Å². The minimum absolute atomic E-state index is 0.0383. The lowest BCUT2D eigenvalue weighted by Crippen LogP contribution is -2.29. The SMILES string of the molecule is N#CCC(=O)NCCCNC(=O)c1cccc(O)c1. The van der Waals surface area contributed by atoms with Crippen molar-refractivity contribution >= 4 is 11.8 Å². The minimum Gasteiger partial charge on any atom is -0.508 e. The molecule has 19 heavy (non-hydrogen) atoms. The average Bonchev–Trinajstić information content (AvgIpc) is 2.38. The van der Waals surface area contributed by atoms with Gasteiger partial charge in [-0.2, -0.15) is 5.26 Å². The molecule has 0 spiro atoms. The van der Waals surface area contributed by atoms with E-state index in [-0.39, 0.29) is 24.0 Å². The zero-order valence-corrected chi connectivity index (χ0v) is 10.3. The van der Waals surface area contributed by atoms with Crippen LogP contribution in [0.2, 0.25) is 0 Å². The molecule has 0 heterocycles. The highest BCUT2D eigenvalue weighted by molar-refractivity contribution is 5.94. The van der Waals surface area contributed by atoms with E-state index in [2.05, 4.69) is 10.6 Å². The van der Waals surface area contributed by atoms with Gasteiger partial charge in [0.2, 0.25) is 5.91 Å². The molecule has 0 aromatic heterocycles. The van der Waals surface area contributed by atoms with Crippen molar-refractivity contribution in [3.8, 4) is 11.8 Å². The van der Waals surface area contributed by atoms with Crippen molar-refractivity contribution in [1.82, 2.24) is 10.6 Å². The summed E-state index contributed by atoms with van der Waals surface area (Å²) in [4.78, 5) is 22.6. The summed E-state index contributed by atoms with van der Waals surface area (Å²) in [5, 5.41) is 22.7. The van der Waals surface area contributed by atoms with Gasteiger partial charge in [0.25, 0.3) is 5.91 Å². The number of hydrogen-bond donors (Lipinski definition) is 3. The third kappa shape index (κ3) is 5.55. The van der Waals surface area contributed by atoms with E-state index >= 15 is 0 Å². The number of rotatable bonds is 6. The second kappa shape index (κ2) is 7.71. The van der Waals surface area contributed by atoms with Crippen molar-refractivity contribution in [2.75, 3.05) is 13.1 Å². The van der Waals surface area contributed by atoms with Gasteiger partial charge in [0.1, 0.15) is 12.2 Å². The number of nitrogens with one attached hydrogen (secondary N) is 2. The lowest BCUT2D eigenvalue weighted by Gasteiger charge is -2.06. The van der Waals surface area contributed by atoms with Gasteiger partial charge >= 0.3 is 0 Å². The van der Waals surface area contributed by atoms with Gasteiger partial charge in [0.15, 0.2) is 0 Å². The molecule has 2 amide bonds. The van der Waals surface area contributed by atoms with Crippen LogP contribution in [0.5, 0.6) is 5.75 Å². The van der Waals surface area contributed by atoms with Gasteiger partial charge in [-0.1, -0.05) is 6.07 Å². The predicted molar refractivity (Wildman–Crippen MR) is 68.3 cm³/mol. The van der Waals surface area contributed by atoms with Crippen molar-refractivity contribution in [2.45, 2.75) is 12.8 Å². The first-order chi connectivity index (χ1) is 9.13. The Kier molecular flexibility index (Phi) is 5.89. The normalized spacial score (nSPS) is 9.42. The van der Waals surface area contributed by atoms with E-state index in [9.17, 15) is 14.7 Å². The molecule has 0 fully saturated rings. The molecule has 0 saturated carbocycles. The molecular formula is C13H15N3O3. The number of phenols is 1. The van der Waals surface area contributed by atoms with Gasteiger partial charge in [-0.15, -0.1) is 0 Å². The number of benzene rings is 1. The maximum Gasteiger partial charge on any atom is 0.251 e. The topological polar surface area (TPSA) is 102 Å². The molecule has 1 aromatic rings. The smallest absolute Gasteiger partial charge is 0.251 e. The summed E-state index contributed by atoms with van der Waals surface area (Å²) in [5.41, 5.74) is 0.383. The van der Waals surface area contributed by atoms with Crippen LogP contribution in [0.4, 0.5) is 0 Å². The van der Waals surface area contributed by atoms with Gasteiger partial charge in [0.05, 0.1) is 6.07 Å². The number of phenolic OH excluding ortho intramolecular Hbond substituents is 1. The molecule has 0 aliphatic rings. The highest BCUT2D eigenvalue weighted by atomic mass is 16.3. The predicted octanol–water partition coefficient (Wildman–Crippen LogP) is 0.542. The van der Waals surface area contributed by atoms with Crippen molar-refractivity contribution in [1.29, 1.82) is 5.26 Å². The Bertz CT molecular complexity index is 494. The minimum atomic E-state index is -0.318. The number of aromatic hydroxyl groups is 1. The molecule has 3 N–H and O–H groups in total. The van der Waals surface area contributed by atoms with E-state index in [1.165, 1.54) is 12.1 Å². The molecule has 6 nitrogen and oxygen atoms in total. The number of nitriles is 1. The molecule has 0 radical (unpaired) electrons. The zero-order valence-electron chi connectivity index (χ0n) is 10.3. The first-order valence-corrected chi connectivity index (χ1v) is 5.84. The number of nitrogens with zero attached hydrogens (tertiary/aromatic N) is 1. The highest BCUT2D eigenvalue weighted by Gasteiger charge is 2.05. The third-order valence-electron chi connectivity index (χ3n) is 2.31. The maximum absolute atomic E-state index is 11.6. The van der Waals surface area contributed by atoms with Crippen molar-refractivity contribution in [3.63, 3.8) is 0 Å².